The van der Waals surface area contributed by atoms with Crippen molar-refractivity contribution in [3.63, 3.8) is 0 Å². The van der Waals surface area contributed by atoms with E-state index in [2.05, 4.69) is 33.2 Å². The number of pyridine rings is 1. The van der Waals surface area contributed by atoms with Crippen LogP contribution in [0.5, 0.6) is 0 Å². The highest BCUT2D eigenvalue weighted by molar-refractivity contribution is 9.10. The van der Waals surface area contributed by atoms with Crippen LogP contribution in [0.1, 0.15) is 13.3 Å². The van der Waals surface area contributed by atoms with Crippen LogP contribution in [-0.2, 0) is 4.79 Å². The summed E-state index contributed by atoms with van der Waals surface area (Å²) >= 11 is 9.72. The van der Waals surface area contributed by atoms with E-state index < -0.39 is 0 Å². The Kier molecular flexibility index (Phi) is 5.42. The van der Waals surface area contributed by atoms with Gasteiger partial charge in [0.15, 0.2) is 0 Å². The fourth-order valence-corrected chi connectivity index (χ4v) is 3.11. The predicted molar refractivity (Wildman–Crippen MR) is 91.0 cm³/mol. The highest BCUT2D eigenvalue weighted by atomic mass is 79.9. The number of hydrogen-bond donors (Lipinski definition) is 1. The molecule has 1 amide bonds. The van der Waals surface area contributed by atoms with E-state index >= 15 is 0 Å². The van der Waals surface area contributed by atoms with Crippen molar-refractivity contribution in [3.8, 4) is 0 Å². The molecule has 0 unspecified atom stereocenters. The van der Waals surface area contributed by atoms with Gasteiger partial charge in [-0.15, -0.1) is 0 Å². The number of carbonyl (C=O) groups is 1. The average Bonchev–Trinajstić information content (AvgIpc) is 2.46. The molecule has 0 aliphatic carbocycles. The lowest BCUT2D eigenvalue weighted by atomic mass is 10.1. The van der Waals surface area contributed by atoms with Gasteiger partial charge in [-0.3, -0.25) is 9.78 Å². The second-order valence-corrected chi connectivity index (χ2v) is 6.03. The Hall–Kier alpha value is -1.33. The van der Waals surface area contributed by atoms with Crippen molar-refractivity contribution >= 4 is 50.0 Å². The molecule has 0 saturated carbocycles. The lowest BCUT2D eigenvalue weighted by molar-refractivity contribution is -0.119. The van der Waals surface area contributed by atoms with Crippen LogP contribution in [0, 0.1) is 0 Å². The second-order valence-electron chi connectivity index (χ2n) is 4.71. The molecule has 0 aliphatic rings. The zero-order valence-corrected chi connectivity index (χ0v) is 14.3. The van der Waals surface area contributed by atoms with E-state index in [9.17, 15) is 4.79 Å². The van der Waals surface area contributed by atoms with Gasteiger partial charge in [0.1, 0.15) is 0 Å². The third-order valence-corrected chi connectivity index (χ3v) is 3.93. The molecule has 1 heterocycles. The van der Waals surface area contributed by atoms with E-state index in [1.807, 2.05) is 23.1 Å². The quantitative estimate of drug-likeness (QED) is 0.874. The van der Waals surface area contributed by atoms with Crippen molar-refractivity contribution in [3.05, 3.63) is 33.9 Å². The number of anilines is 1. The Bertz CT molecular complexity index is 663. The maximum absolute atomic E-state index is 11.7. The Morgan fingerprint density at radius 2 is 2.24 bits per heavy atom. The summed E-state index contributed by atoms with van der Waals surface area (Å²) in [6.45, 7) is 3.19. The number of aromatic nitrogens is 1. The molecule has 112 valence electrons. The third kappa shape index (κ3) is 3.66. The van der Waals surface area contributed by atoms with Crippen molar-refractivity contribution in [2.45, 2.75) is 13.3 Å². The van der Waals surface area contributed by atoms with E-state index in [4.69, 9.17) is 11.6 Å². The van der Waals surface area contributed by atoms with Crippen LogP contribution in [0.3, 0.4) is 0 Å². The van der Waals surface area contributed by atoms with Crippen LogP contribution in [0.2, 0.25) is 5.02 Å². The molecule has 1 N–H and O–H groups in total. The van der Waals surface area contributed by atoms with E-state index in [1.54, 1.807) is 13.2 Å². The molecule has 1 aromatic carbocycles. The number of nitrogens with zero attached hydrogens (tertiary/aromatic N) is 2. The molecular formula is C15H17BrClN3O. The Morgan fingerprint density at radius 1 is 1.48 bits per heavy atom. The molecular weight excluding hydrogens is 354 g/mol. The molecule has 0 spiro atoms. The van der Waals surface area contributed by atoms with Gasteiger partial charge in [0, 0.05) is 35.3 Å². The number of nitrogens with one attached hydrogen (secondary N) is 1. The average molecular weight is 371 g/mol. The van der Waals surface area contributed by atoms with Crippen LogP contribution in [0.15, 0.2) is 28.9 Å². The molecule has 1 aromatic heterocycles. The Morgan fingerprint density at radius 3 is 2.90 bits per heavy atom. The van der Waals surface area contributed by atoms with Gasteiger partial charge in [-0.05, 0) is 24.6 Å². The minimum absolute atomic E-state index is 0.0190. The van der Waals surface area contributed by atoms with Crippen LogP contribution in [0.4, 0.5) is 5.69 Å². The maximum atomic E-state index is 11.7. The topological polar surface area (TPSA) is 45.2 Å². The van der Waals surface area contributed by atoms with Crippen molar-refractivity contribution in [2.24, 2.45) is 0 Å². The third-order valence-electron chi connectivity index (χ3n) is 3.19. The number of fused-ring (bicyclic) bond motifs is 1. The minimum Gasteiger partial charge on any atom is -0.362 e. The summed E-state index contributed by atoms with van der Waals surface area (Å²) in [6, 6.07) is 5.73. The van der Waals surface area contributed by atoms with Crippen LogP contribution < -0.4 is 10.2 Å². The fourth-order valence-electron chi connectivity index (χ4n) is 2.25. The van der Waals surface area contributed by atoms with Gasteiger partial charge in [-0.1, -0.05) is 34.5 Å². The van der Waals surface area contributed by atoms with Gasteiger partial charge >= 0.3 is 0 Å². The summed E-state index contributed by atoms with van der Waals surface area (Å²) in [5.74, 6) is -0.0190. The summed E-state index contributed by atoms with van der Waals surface area (Å²) in [6.07, 6.45) is 2.67. The van der Waals surface area contributed by atoms with Gasteiger partial charge < -0.3 is 10.2 Å². The van der Waals surface area contributed by atoms with Gasteiger partial charge in [0.2, 0.25) is 5.91 Å². The van der Waals surface area contributed by atoms with Gasteiger partial charge in [-0.2, -0.15) is 0 Å². The maximum Gasteiger partial charge on any atom is 0.239 e. The summed E-state index contributed by atoms with van der Waals surface area (Å²) in [5.41, 5.74) is 1.71. The SMILES string of the molecule is CCCN(CC(=O)NC)c1ccnc2c(Cl)cc(Br)cc12. The number of halogens is 2. The standard InChI is InChI=1S/C15H17BrClN3O/c1-3-6-20(9-14(21)18-2)13-4-5-19-15-11(13)7-10(16)8-12(15)17/h4-5,7-8H,3,6,9H2,1-2H3,(H,18,21). The molecule has 0 radical (unpaired) electrons. The normalized spacial score (nSPS) is 10.7. The molecule has 4 nitrogen and oxygen atoms in total. The van der Waals surface area contributed by atoms with Gasteiger partial charge in [0.05, 0.1) is 17.1 Å². The predicted octanol–water partition coefficient (Wildman–Crippen LogP) is 3.61. The van der Waals surface area contributed by atoms with Crippen molar-refractivity contribution in [1.29, 1.82) is 0 Å². The zero-order valence-electron chi connectivity index (χ0n) is 12.0. The largest absolute Gasteiger partial charge is 0.362 e. The molecule has 6 heteroatoms. The number of benzene rings is 1. The first kappa shape index (κ1) is 16.0. The van der Waals surface area contributed by atoms with Crippen LogP contribution in [0.25, 0.3) is 10.9 Å². The second kappa shape index (κ2) is 7.09. The van der Waals surface area contributed by atoms with Crippen molar-refractivity contribution in [2.75, 3.05) is 25.0 Å². The smallest absolute Gasteiger partial charge is 0.239 e. The van der Waals surface area contributed by atoms with E-state index in [0.29, 0.717) is 11.6 Å². The Balaban J connectivity index is 2.54. The van der Waals surface area contributed by atoms with Crippen molar-refractivity contribution < 1.29 is 4.79 Å². The van der Waals surface area contributed by atoms with Crippen molar-refractivity contribution in [1.82, 2.24) is 10.3 Å². The minimum atomic E-state index is -0.0190. The monoisotopic (exact) mass is 369 g/mol. The molecule has 0 saturated heterocycles. The molecule has 0 aliphatic heterocycles. The lowest BCUT2D eigenvalue weighted by Gasteiger charge is -2.25. The Labute approximate surface area is 137 Å². The number of rotatable bonds is 5. The van der Waals surface area contributed by atoms with Gasteiger partial charge in [0.25, 0.3) is 0 Å². The first-order valence-electron chi connectivity index (χ1n) is 6.76. The van der Waals surface area contributed by atoms with Crippen LogP contribution >= 0.6 is 27.5 Å². The van der Waals surface area contributed by atoms with E-state index in [-0.39, 0.29) is 5.91 Å². The zero-order chi connectivity index (χ0) is 15.4. The summed E-state index contributed by atoms with van der Waals surface area (Å²) in [5, 5.41) is 4.20. The lowest BCUT2D eigenvalue weighted by Crippen LogP contribution is -2.36. The fraction of sp³-hybridized carbons (Fsp3) is 0.333. The molecule has 2 rings (SSSR count). The van der Waals surface area contributed by atoms with Crippen LogP contribution in [-0.4, -0.2) is 31.0 Å². The molecule has 0 bridgehead atoms. The summed E-state index contributed by atoms with van der Waals surface area (Å²) in [7, 11) is 1.64. The number of carbonyl (C=O) groups excluding carboxylic acids is 1. The molecule has 0 atom stereocenters. The number of hydrogen-bond acceptors (Lipinski definition) is 3. The first-order valence-corrected chi connectivity index (χ1v) is 7.93. The summed E-state index contributed by atoms with van der Waals surface area (Å²) < 4.78 is 0.894. The highest BCUT2D eigenvalue weighted by Crippen LogP contribution is 2.33. The van der Waals surface area contributed by atoms with E-state index in [1.165, 1.54) is 0 Å². The molecule has 2 aromatic rings. The highest BCUT2D eigenvalue weighted by Gasteiger charge is 2.15. The first-order chi connectivity index (χ1) is 10.1. The summed E-state index contributed by atoms with van der Waals surface area (Å²) in [4.78, 5) is 18.1. The molecule has 21 heavy (non-hydrogen) atoms. The number of likely N-dealkylation sites (N-methyl/N-ethyl adjacent to an activating group) is 1. The number of amides is 1. The molecule has 0 fully saturated rings. The van der Waals surface area contributed by atoms with E-state index in [0.717, 1.165) is 34.0 Å². The van der Waals surface area contributed by atoms with Gasteiger partial charge in [-0.25, -0.2) is 0 Å².